The van der Waals surface area contributed by atoms with E-state index in [1.807, 2.05) is 12.1 Å². The zero-order chi connectivity index (χ0) is 22.9. The molecular weight excluding hydrogens is 425 g/mol. The summed E-state index contributed by atoms with van der Waals surface area (Å²) in [7, 11) is 3.03. The number of hydrogen-bond acceptors (Lipinski definition) is 7. The quantitative estimate of drug-likeness (QED) is 0.598. The molecule has 2 aliphatic rings. The summed E-state index contributed by atoms with van der Waals surface area (Å²) in [6, 6.07) is 12.5. The molecule has 170 valence electrons. The molecule has 1 amide bonds. The van der Waals surface area contributed by atoms with Gasteiger partial charge < -0.3 is 25.0 Å². The van der Waals surface area contributed by atoms with Gasteiger partial charge in [-0.15, -0.1) is 0 Å². The van der Waals surface area contributed by atoms with E-state index < -0.39 is 11.7 Å². The standard InChI is InChI=1S/C24H24FN5O3/c1-32-16-6-7-20(30-13-14-10-15(30)12-27-14)19(11-16)29-24(31)18-8-9-26-23(28-18)22-17(25)4-3-5-21(22)33-2/h3-9,11,14-15,27H,10,12-13H2,1-2H3,(H,29,31)/t14-,15-/m1/s1. The van der Waals surface area contributed by atoms with Gasteiger partial charge >= 0.3 is 0 Å². The molecule has 2 aliphatic heterocycles. The molecule has 8 nitrogen and oxygen atoms in total. The number of anilines is 2. The highest BCUT2D eigenvalue weighted by molar-refractivity contribution is 6.05. The number of fused-ring (bicyclic) bond motifs is 2. The molecule has 0 saturated carbocycles. The van der Waals surface area contributed by atoms with Crippen molar-refractivity contribution in [1.29, 1.82) is 0 Å². The minimum Gasteiger partial charge on any atom is -0.497 e. The van der Waals surface area contributed by atoms with Gasteiger partial charge in [0.15, 0.2) is 5.82 Å². The van der Waals surface area contributed by atoms with Crippen LogP contribution in [0.25, 0.3) is 11.4 Å². The second-order valence-electron chi connectivity index (χ2n) is 8.07. The van der Waals surface area contributed by atoms with E-state index in [0.29, 0.717) is 29.3 Å². The van der Waals surface area contributed by atoms with Crippen LogP contribution in [-0.4, -0.2) is 55.3 Å². The van der Waals surface area contributed by atoms with Crippen molar-refractivity contribution in [2.24, 2.45) is 0 Å². The van der Waals surface area contributed by atoms with Crippen molar-refractivity contribution in [1.82, 2.24) is 15.3 Å². The lowest BCUT2D eigenvalue weighted by Gasteiger charge is -2.31. The molecule has 1 aromatic heterocycles. The maximum absolute atomic E-state index is 14.5. The van der Waals surface area contributed by atoms with Gasteiger partial charge in [0.25, 0.3) is 5.91 Å². The van der Waals surface area contributed by atoms with E-state index in [2.05, 4.69) is 25.5 Å². The Hall–Kier alpha value is -3.72. The number of benzene rings is 2. The van der Waals surface area contributed by atoms with Crippen LogP contribution in [-0.2, 0) is 0 Å². The second-order valence-corrected chi connectivity index (χ2v) is 8.07. The number of ether oxygens (including phenoxy) is 2. The first-order valence-electron chi connectivity index (χ1n) is 10.7. The number of carbonyl (C=O) groups excluding carboxylic acids is 1. The maximum atomic E-state index is 14.5. The smallest absolute Gasteiger partial charge is 0.274 e. The van der Waals surface area contributed by atoms with Crippen LogP contribution in [0.5, 0.6) is 11.5 Å². The molecule has 3 aromatic rings. The average Bonchev–Trinajstić information content (AvgIpc) is 3.47. The zero-order valence-corrected chi connectivity index (χ0v) is 18.3. The SMILES string of the molecule is COc1ccc(N2C[C@H]3C[C@@H]2CN3)c(NC(=O)c2ccnc(-c3c(F)cccc3OC)n2)c1. The Morgan fingerprint density at radius 2 is 2.09 bits per heavy atom. The number of rotatable bonds is 6. The monoisotopic (exact) mass is 449 g/mol. The molecule has 2 aromatic carbocycles. The first-order valence-corrected chi connectivity index (χ1v) is 10.7. The summed E-state index contributed by atoms with van der Waals surface area (Å²) in [5.74, 6) is 0.0494. The molecule has 2 N–H and O–H groups in total. The Labute approximate surface area is 190 Å². The third-order valence-electron chi connectivity index (χ3n) is 6.13. The number of methoxy groups -OCH3 is 2. The molecule has 0 aliphatic carbocycles. The van der Waals surface area contributed by atoms with E-state index in [-0.39, 0.29) is 17.1 Å². The van der Waals surface area contributed by atoms with E-state index in [4.69, 9.17) is 9.47 Å². The Bertz CT molecular complexity index is 1200. The number of amides is 1. The summed E-state index contributed by atoms with van der Waals surface area (Å²) in [5, 5.41) is 6.45. The van der Waals surface area contributed by atoms with E-state index in [0.717, 1.165) is 25.2 Å². The fourth-order valence-electron chi connectivity index (χ4n) is 4.53. The van der Waals surface area contributed by atoms with Crippen LogP contribution < -0.4 is 25.0 Å². The summed E-state index contributed by atoms with van der Waals surface area (Å²) >= 11 is 0. The van der Waals surface area contributed by atoms with Crippen LogP contribution in [0.1, 0.15) is 16.9 Å². The van der Waals surface area contributed by atoms with Gasteiger partial charge in [0, 0.05) is 37.4 Å². The van der Waals surface area contributed by atoms with Gasteiger partial charge in [-0.25, -0.2) is 14.4 Å². The number of halogens is 1. The molecule has 2 bridgehead atoms. The molecule has 33 heavy (non-hydrogen) atoms. The van der Waals surface area contributed by atoms with Gasteiger partial charge in [-0.1, -0.05) is 6.07 Å². The molecule has 2 atom stereocenters. The molecule has 0 radical (unpaired) electrons. The lowest BCUT2D eigenvalue weighted by Crippen LogP contribution is -2.43. The molecule has 5 rings (SSSR count). The largest absolute Gasteiger partial charge is 0.497 e. The summed E-state index contributed by atoms with van der Waals surface area (Å²) in [5.41, 5.74) is 1.79. The van der Waals surface area contributed by atoms with Crippen LogP contribution in [0.4, 0.5) is 15.8 Å². The lowest BCUT2D eigenvalue weighted by atomic mass is 10.1. The van der Waals surface area contributed by atoms with Crippen molar-refractivity contribution < 1.29 is 18.7 Å². The van der Waals surface area contributed by atoms with Crippen molar-refractivity contribution in [2.45, 2.75) is 18.5 Å². The van der Waals surface area contributed by atoms with Gasteiger partial charge in [0.1, 0.15) is 23.0 Å². The summed E-state index contributed by atoms with van der Waals surface area (Å²) in [6.07, 6.45) is 2.51. The van der Waals surface area contributed by atoms with Gasteiger partial charge in [-0.2, -0.15) is 0 Å². The van der Waals surface area contributed by atoms with Gasteiger partial charge in [-0.05, 0) is 36.8 Å². The van der Waals surface area contributed by atoms with Crippen molar-refractivity contribution >= 4 is 17.3 Å². The number of aromatic nitrogens is 2. The van der Waals surface area contributed by atoms with Crippen molar-refractivity contribution in [3.8, 4) is 22.9 Å². The third-order valence-corrected chi connectivity index (χ3v) is 6.13. The highest BCUT2D eigenvalue weighted by atomic mass is 19.1. The van der Waals surface area contributed by atoms with Crippen LogP contribution >= 0.6 is 0 Å². The third kappa shape index (κ3) is 3.95. The number of nitrogens with one attached hydrogen (secondary N) is 2. The fraction of sp³-hybridized carbons (Fsp3) is 0.292. The van der Waals surface area contributed by atoms with Crippen molar-refractivity contribution in [2.75, 3.05) is 37.5 Å². The van der Waals surface area contributed by atoms with Gasteiger partial charge in [-0.3, -0.25) is 4.79 Å². The number of carbonyl (C=O) groups is 1. The molecule has 3 heterocycles. The topological polar surface area (TPSA) is 88.6 Å². The Balaban J connectivity index is 1.46. The van der Waals surface area contributed by atoms with Crippen LogP contribution in [0.15, 0.2) is 48.7 Å². The van der Waals surface area contributed by atoms with Gasteiger partial charge in [0.05, 0.1) is 31.2 Å². The molecule has 2 saturated heterocycles. The highest BCUT2D eigenvalue weighted by Gasteiger charge is 2.38. The highest BCUT2D eigenvalue weighted by Crippen LogP contribution is 2.37. The predicted octanol–water partition coefficient (Wildman–Crippen LogP) is 3.10. The number of hydrogen-bond donors (Lipinski definition) is 2. The Morgan fingerprint density at radius 3 is 2.82 bits per heavy atom. The first kappa shape index (κ1) is 21.1. The van der Waals surface area contributed by atoms with E-state index in [1.54, 1.807) is 25.3 Å². The van der Waals surface area contributed by atoms with Crippen LogP contribution in [0.3, 0.4) is 0 Å². The van der Waals surface area contributed by atoms with E-state index in [1.165, 1.54) is 25.4 Å². The minimum atomic E-state index is -0.528. The number of piperazine rings is 1. The van der Waals surface area contributed by atoms with Crippen molar-refractivity contribution in [3.05, 3.63) is 60.2 Å². The average molecular weight is 449 g/mol. The Kier molecular flexibility index (Phi) is 5.55. The van der Waals surface area contributed by atoms with E-state index in [9.17, 15) is 9.18 Å². The van der Waals surface area contributed by atoms with Crippen LogP contribution in [0.2, 0.25) is 0 Å². The fourth-order valence-corrected chi connectivity index (χ4v) is 4.53. The number of nitrogens with zero attached hydrogens (tertiary/aromatic N) is 3. The molecule has 0 spiro atoms. The first-order chi connectivity index (χ1) is 16.1. The normalized spacial score (nSPS) is 18.9. The lowest BCUT2D eigenvalue weighted by molar-refractivity contribution is 0.102. The summed E-state index contributed by atoms with van der Waals surface area (Å²) < 4.78 is 25.1. The Morgan fingerprint density at radius 1 is 1.21 bits per heavy atom. The zero-order valence-electron chi connectivity index (χ0n) is 18.3. The van der Waals surface area contributed by atoms with Gasteiger partial charge in [0.2, 0.25) is 0 Å². The molecular formula is C24H24FN5O3. The van der Waals surface area contributed by atoms with E-state index >= 15 is 0 Å². The maximum Gasteiger partial charge on any atom is 0.274 e. The van der Waals surface area contributed by atoms with Crippen molar-refractivity contribution in [3.63, 3.8) is 0 Å². The predicted molar refractivity (Wildman–Crippen MR) is 122 cm³/mol. The summed E-state index contributed by atoms with van der Waals surface area (Å²) in [6.45, 7) is 1.80. The molecule has 2 fully saturated rings. The van der Waals surface area contributed by atoms with Crippen LogP contribution in [0, 0.1) is 5.82 Å². The second kappa shape index (κ2) is 8.67. The summed E-state index contributed by atoms with van der Waals surface area (Å²) in [4.78, 5) is 24.0. The molecule has 0 unspecified atom stereocenters. The minimum absolute atomic E-state index is 0.0754. The molecule has 9 heteroatoms.